The zero-order chi connectivity index (χ0) is 16.9. The van der Waals surface area contributed by atoms with Crippen molar-refractivity contribution in [2.75, 3.05) is 6.61 Å². The number of carbonyl (C=O) groups is 1. The standard InChI is InChI=1S/C14H12Cl2N2O4S/c15-10-1-5-12(6-2-10)22-9-14(19)17-18-23(20,21)13-7-3-11(16)4-8-13/h1-8,18H,9H2,(H,17,19). The quantitative estimate of drug-likeness (QED) is 0.760. The Morgan fingerprint density at radius 2 is 1.48 bits per heavy atom. The second-order valence-corrected chi connectivity index (χ2v) is 6.91. The highest BCUT2D eigenvalue weighted by Crippen LogP contribution is 2.15. The minimum Gasteiger partial charge on any atom is -0.484 e. The predicted molar refractivity (Wildman–Crippen MR) is 86.9 cm³/mol. The molecule has 0 saturated carbocycles. The van der Waals surface area contributed by atoms with Crippen molar-refractivity contribution in [3.8, 4) is 5.75 Å². The van der Waals surface area contributed by atoms with Crippen molar-refractivity contribution in [3.63, 3.8) is 0 Å². The van der Waals surface area contributed by atoms with Crippen molar-refractivity contribution in [2.24, 2.45) is 0 Å². The van der Waals surface area contributed by atoms with Crippen LogP contribution in [0.1, 0.15) is 0 Å². The van der Waals surface area contributed by atoms with Crippen LogP contribution in [0.15, 0.2) is 53.4 Å². The molecule has 23 heavy (non-hydrogen) atoms. The number of carbonyl (C=O) groups excluding carboxylic acids is 1. The minimum atomic E-state index is -3.87. The van der Waals surface area contributed by atoms with E-state index in [4.69, 9.17) is 27.9 Å². The number of hydrogen-bond donors (Lipinski definition) is 2. The second kappa shape index (κ2) is 7.65. The molecule has 2 N–H and O–H groups in total. The number of sulfonamides is 1. The Hall–Kier alpha value is -1.80. The topological polar surface area (TPSA) is 84.5 Å². The van der Waals surface area contributed by atoms with Gasteiger partial charge in [-0.3, -0.25) is 10.2 Å². The maximum Gasteiger partial charge on any atom is 0.272 e. The van der Waals surface area contributed by atoms with Crippen molar-refractivity contribution in [3.05, 3.63) is 58.6 Å². The third-order valence-electron chi connectivity index (χ3n) is 2.63. The highest BCUT2D eigenvalue weighted by atomic mass is 35.5. The van der Waals surface area contributed by atoms with E-state index in [1.165, 1.54) is 24.3 Å². The maximum absolute atomic E-state index is 11.9. The van der Waals surface area contributed by atoms with Crippen molar-refractivity contribution in [2.45, 2.75) is 4.90 Å². The highest BCUT2D eigenvalue weighted by molar-refractivity contribution is 7.89. The Kier molecular flexibility index (Phi) is 5.84. The van der Waals surface area contributed by atoms with Gasteiger partial charge in [0.15, 0.2) is 6.61 Å². The molecule has 0 heterocycles. The number of ether oxygens (including phenoxy) is 1. The first-order valence-corrected chi connectivity index (χ1v) is 8.55. The van der Waals surface area contributed by atoms with Gasteiger partial charge in [-0.05, 0) is 48.5 Å². The molecule has 0 atom stereocenters. The molecule has 1 amide bonds. The predicted octanol–water partition coefficient (Wildman–Crippen LogP) is 2.38. The first-order chi connectivity index (χ1) is 10.9. The molecule has 2 aromatic rings. The number of halogens is 2. The number of nitrogens with one attached hydrogen (secondary N) is 2. The van der Waals surface area contributed by atoms with Crippen LogP contribution in [0.3, 0.4) is 0 Å². The summed E-state index contributed by atoms with van der Waals surface area (Å²) in [5.41, 5.74) is 2.06. The average Bonchev–Trinajstić information content (AvgIpc) is 2.53. The van der Waals surface area contributed by atoms with E-state index in [9.17, 15) is 13.2 Å². The lowest BCUT2D eigenvalue weighted by molar-refractivity contribution is -0.123. The fourth-order valence-corrected chi connectivity index (χ4v) is 2.62. The monoisotopic (exact) mass is 374 g/mol. The van der Waals surface area contributed by atoms with E-state index < -0.39 is 15.9 Å². The van der Waals surface area contributed by atoms with E-state index in [-0.39, 0.29) is 11.5 Å². The van der Waals surface area contributed by atoms with Gasteiger partial charge in [-0.1, -0.05) is 23.2 Å². The fourth-order valence-electron chi connectivity index (χ4n) is 1.51. The molecule has 2 rings (SSSR count). The van der Waals surface area contributed by atoms with Gasteiger partial charge >= 0.3 is 0 Å². The van der Waals surface area contributed by atoms with Crippen LogP contribution in [0.4, 0.5) is 0 Å². The first kappa shape index (κ1) is 17.6. The highest BCUT2D eigenvalue weighted by Gasteiger charge is 2.15. The van der Waals surface area contributed by atoms with Crippen LogP contribution < -0.4 is 15.0 Å². The number of rotatable bonds is 6. The van der Waals surface area contributed by atoms with Crippen molar-refractivity contribution in [1.29, 1.82) is 0 Å². The van der Waals surface area contributed by atoms with Crippen LogP contribution in [0.25, 0.3) is 0 Å². The molecule has 0 fully saturated rings. The Labute approximate surface area is 143 Å². The van der Waals surface area contributed by atoms with Crippen LogP contribution in [0.2, 0.25) is 10.0 Å². The van der Waals surface area contributed by atoms with E-state index >= 15 is 0 Å². The molecule has 2 aromatic carbocycles. The summed E-state index contributed by atoms with van der Waals surface area (Å²) in [5.74, 6) is -0.220. The van der Waals surface area contributed by atoms with Crippen LogP contribution >= 0.6 is 23.2 Å². The smallest absolute Gasteiger partial charge is 0.272 e. The second-order valence-electron chi connectivity index (χ2n) is 4.35. The zero-order valence-corrected chi connectivity index (χ0v) is 14.0. The number of benzene rings is 2. The number of amides is 1. The molecular formula is C14H12Cl2N2O4S. The maximum atomic E-state index is 11.9. The molecule has 0 bridgehead atoms. The third kappa shape index (κ3) is 5.40. The summed E-state index contributed by atoms with van der Waals surface area (Å²) in [4.78, 5) is 13.5. The molecule has 0 spiro atoms. The summed E-state index contributed by atoms with van der Waals surface area (Å²) >= 11 is 11.4. The third-order valence-corrected chi connectivity index (χ3v) is 4.40. The first-order valence-electron chi connectivity index (χ1n) is 6.31. The van der Waals surface area contributed by atoms with Crippen LogP contribution in [-0.4, -0.2) is 20.9 Å². The van der Waals surface area contributed by atoms with Gasteiger partial charge in [0.05, 0.1) is 4.90 Å². The van der Waals surface area contributed by atoms with Gasteiger partial charge < -0.3 is 4.74 Å². The van der Waals surface area contributed by atoms with E-state index in [1.807, 2.05) is 4.83 Å². The van der Waals surface area contributed by atoms with E-state index in [1.54, 1.807) is 24.3 Å². The Balaban J connectivity index is 1.86. The van der Waals surface area contributed by atoms with Gasteiger partial charge in [-0.15, -0.1) is 4.83 Å². The van der Waals surface area contributed by atoms with Crippen LogP contribution in [0, 0.1) is 0 Å². The SMILES string of the molecule is O=C(COc1ccc(Cl)cc1)NNS(=O)(=O)c1ccc(Cl)cc1. The Morgan fingerprint density at radius 3 is 2.04 bits per heavy atom. The van der Waals surface area contributed by atoms with Crippen LogP contribution in [-0.2, 0) is 14.8 Å². The lowest BCUT2D eigenvalue weighted by Crippen LogP contribution is -2.43. The number of hydrogen-bond acceptors (Lipinski definition) is 4. The van der Waals surface area contributed by atoms with Crippen LogP contribution in [0.5, 0.6) is 5.75 Å². The van der Waals surface area contributed by atoms with E-state index in [0.29, 0.717) is 15.8 Å². The van der Waals surface area contributed by atoms with Gasteiger partial charge in [0.25, 0.3) is 15.9 Å². The van der Waals surface area contributed by atoms with Gasteiger partial charge in [-0.2, -0.15) is 0 Å². The summed E-state index contributed by atoms with van der Waals surface area (Å²) in [5, 5.41) is 0.946. The largest absolute Gasteiger partial charge is 0.484 e. The zero-order valence-electron chi connectivity index (χ0n) is 11.6. The minimum absolute atomic E-state index is 0.0270. The number of hydrazine groups is 1. The van der Waals surface area contributed by atoms with E-state index in [2.05, 4.69) is 5.43 Å². The van der Waals surface area contributed by atoms with E-state index in [0.717, 1.165) is 0 Å². The molecule has 122 valence electrons. The molecule has 0 unspecified atom stereocenters. The lowest BCUT2D eigenvalue weighted by Gasteiger charge is -2.09. The lowest BCUT2D eigenvalue weighted by atomic mass is 10.3. The Morgan fingerprint density at radius 1 is 0.957 bits per heavy atom. The van der Waals surface area contributed by atoms with Gasteiger partial charge in [-0.25, -0.2) is 8.42 Å². The fraction of sp³-hybridized carbons (Fsp3) is 0.0714. The van der Waals surface area contributed by atoms with Crippen molar-refractivity contribution >= 4 is 39.1 Å². The normalized spacial score (nSPS) is 11.0. The van der Waals surface area contributed by atoms with Gasteiger partial charge in [0.2, 0.25) is 0 Å². The molecule has 6 nitrogen and oxygen atoms in total. The molecule has 9 heteroatoms. The summed E-state index contributed by atoms with van der Waals surface area (Å²) < 4.78 is 29.1. The summed E-state index contributed by atoms with van der Waals surface area (Å²) in [6, 6.07) is 11.9. The summed E-state index contributed by atoms with van der Waals surface area (Å²) in [6.45, 7) is -0.356. The molecule has 0 aliphatic rings. The molecule has 0 aromatic heterocycles. The molecule has 0 aliphatic heterocycles. The summed E-state index contributed by atoms with van der Waals surface area (Å²) in [6.07, 6.45) is 0. The van der Waals surface area contributed by atoms with Crippen molar-refractivity contribution in [1.82, 2.24) is 10.3 Å². The summed E-state index contributed by atoms with van der Waals surface area (Å²) in [7, 11) is -3.87. The molecular weight excluding hydrogens is 363 g/mol. The average molecular weight is 375 g/mol. The van der Waals surface area contributed by atoms with Gasteiger partial charge in [0, 0.05) is 10.0 Å². The molecule has 0 aliphatic carbocycles. The Bertz CT molecular complexity index is 777. The molecule has 0 saturated heterocycles. The van der Waals surface area contributed by atoms with Gasteiger partial charge in [0.1, 0.15) is 5.75 Å². The molecule has 0 radical (unpaired) electrons. The van der Waals surface area contributed by atoms with Crippen molar-refractivity contribution < 1.29 is 17.9 Å².